The van der Waals surface area contributed by atoms with Crippen LogP contribution in [0.25, 0.3) is 0 Å². The summed E-state index contributed by atoms with van der Waals surface area (Å²) < 4.78 is 42.5. The standard InChI is InChI=1S/C21H23FN4O2S/c1-15-10-17(11-16-5-7-18(22)8-6-16)12-19(24-15)20-4-3-9-26(20)29(27,28)21-13-25(2)14-23-21/h5-8,10,12-14,20H,3-4,9,11H2,1-2H3. The summed E-state index contributed by atoms with van der Waals surface area (Å²) in [5, 5.41) is 0.0612. The first kappa shape index (κ1) is 19.7. The Morgan fingerprint density at radius 3 is 2.62 bits per heavy atom. The first-order valence-electron chi connectivity index (χ1n) is 9.54. The van der Waals surface area contributed by atoms with Crippen LogP contribution in [0, 0.1) is 12.7 Å². The van der Waals surface area contributed by atoms with Crippen molar-refractivity contribution in [2.24, 2.45) is 7.05 Å². The fourth-order valence-electron chi connectivity index (χ4n) is 3.84. The van der Waals surface area contributed by atoms with Crippen LogP contribution in [-0.4, -0.2) is 33.8 Å². The van der Waals surface area contributed by atoms with Gasteiger partial charge in [0.2, 0.25) is 0 Å². The lowest BCUT2D eigenvalue weighted by Crippen LogP contribution is -2.31. The van der Waals surface area contributed by atoms with Crippen molar-refractivity contribution in [3.63, 3.8) is 0 Å². The van der Waals surface area contributed by atoms with Gasteiger partial charge in [0.15, 0.2) is 5.03 Å². The third kappa shape index (κ3) is 4.09. The molecule has 6 nitrogen and oxygen atoms in total. The minimum Gasteiger partial charge on any atom is -0.339 e. The van der Waals surface area contributed by atoms with Gasteiger partial charge in [-0.2, -0.15) is 4.31 Å². The molecule has 0 radical (unpaired) electrons. The quantitative estimate of drug-likeness (QED) is 0.642. The lowest BCUT2D eigenvalue weighted by Gasteiger charge is -2.23. The minimum atomic E-state index is -3.68. The Morgan fingerprint density at radius 1 is 1.17 bits per heavy atom. The number of aromatic nitrogens is 3. The van der Waals surface area contributed by atoms with Crippen LogP contribution in [0.3, 0.4) is 0 Å². The normalized spacial score (nSPS) is 17.7. The highest BCUT2D eigenvalue weighted by Gasteiger charge is 2.38. The average Bonchev–Trinajstić information content (AvgIpc) is 3.33. The van der Waals surface area contributed by atoms with E-state index >= 15 is 0 Å². The maximum Gasteiger partial charge on any atom is 0.262 e. The third-order valence-electron chi connectivity index (χ3n) is 5.15. The molecule has 0 N–H and O–H groups in total. The lowest BCUT2D eigenvalue weighted by molar-refractivity contribution is 0.388. The summed E-state index contributed by atoms with van der Waals surface area (Å²) in [5.41, 5.74) is 3.61. The fraction of sp³-hybridized carbons (Fsp3) is 0.333. The molecular formula is C21H23FN4O2S. The van der Waals surface area contributed by atoms with E-state index in [2.05, 4.69) is 9.97 Å². The van der Waals surface area contributed by atoms with Gasteiger partial charge in [0.1, 0.15) is 5.82 Å². The summed E-state index contributed by atoms with van der Waals surface area (Å²) in [4.78, 5) is 8.68. The molecule has 0 spiro atoms. The minimum absolute atomic E-state index is 0.0612. The van der Waals surface area contributed by atoms with Crippen molar-refractivity contribution in [1.82, 2.24) is 18.8 Å². The van der Waals surface area contributed by atoms with Crippen molar-refractivity contribution in [1.29, 1.82) is 0 Å². The van der Waals surface area contributed by atoms with Gasteiger partial charge in [-0.25, -0.2) is 17.8 Å². The Kier molecular flexibility index (Phi) is 5.23. The second kappa shape index (κ2) is 7.68. The van der Waals surface area contributed by atoms with E-state index in [1.807, 2.05) is 19.1 Å². The van der Waals surface area contributed by atoms with Crippen molar-refractivity contribution in [2.75, 3.05) is 6.54 Å². The number of imidazole rings is 1. The van der Waals surface area contributed by atoms with Crippen LogP contribution in [0.5, 0.6) is 0 Å². The van der Waals surface area contributed by atoms with Gasteiger partial charge in [0.05, 0.1) is 18.1 Å². The summed E-state index contributed by atoms with van der Waals surface area (Å²) in [6, 6.07) is 10.1. The molecule has 0 saturated carbocycles. The molecule has 3 aromatic rings. The zero-order chi connectivity index (χ0) is 20.6. The zero-order valence-electron chi connectivity index (χ0n) is 16.4. The second-order valence-corrected chi connectivity index (χ2v) is 9.33. The van der Waals surface area contributed by atoms with Gasteiger partial charge in [-0.15, -0.1) is 0 Å². The monoisotopic (exact) mass is 414 g/mol. The summed E-state index contributed by atoms with van der Waals surface area (Å²) in [6.07, 6.45) is 5.15. The number of hydrogen-bond acceptors (Lipinski definition) is 4. The summed E-state index contributed by atoms with van der Waals surface area (Å²) in [6.45, 7) is 2.36. The van der Waals surface area contributed by atoms with Gasteiger partial charge in [-0.3, -0.25) is 4.98 Å². The molecule has 1 aromatic carbocycles. The summed E-state index contributed by atoms with van der Waals surface area (Å²) in [5.74, 6) is -0.262. The molecule has 3 heterocycles. The van der Waals surface area contributed by atoms with E-state index in [4.69, 9.17) is 0 Å². The molecule has 1 aliphatic rings. The van der Waals surface area contributed by atoms with Gasteiger partial charge in [-0.05, 0) is 61.6 Å². The first-order chi connectivity index (χ1) is 13.8. The maximum atomic E-state index is 13.2. The predicted octanol–water partition coefficient (Wildman–Crippen LogP) is 3.38. The number of benzene rings is 1. The van der Waals surface area contributed by atoms with Crippen molar-refractivity contribution in [2.45, 2.75) is 37.3 Å². The second-order valence-electron chi connectivity index (χ2n) is 7.50. The Hall–Kier alpha value is -2.58. The van der Waals surface area contributed by atoms with Crippen molar-refractivity contribution >= 4 is 10.0 Å². The van der Waals surface area contributed by atoms with Crippen LogP contribution in [-0.2, 0) is 23.5 Å². The van der Waals surface area contributed by atoms with Gasteiger partial charge >= 0.3 is 0 Å². The van der Waals surface area contributed by atoms with Crippen LogP contribution >= 0.6 is 0 Å². The molecule has 152 valence electrons. The molecule has 1 aliphatic heterocycles. The first-order valence-corrected chi connectivity index (χ1v) is 11.0. The highest BCUT2D eigenvalue weighted by atomic mass is 32.2. The van der Waals surface area contributed by atoms with Crippen LogP contribution in [0.2, 0.25) is 0 Å². The molecule has 8 heteroatoms. The average molecular weight is 415 g/mol. The number of rotatable bonds is 5. The van der Waals surface area contributed by atoms with E-state index in [0.29, 0.717) is 13.0 Å². The lowest BCUT2D eigenvalue weighted by atomic mass is 10.0. The number of sulfonamides is 1. The molecule has 1 unspecified atom stereocenters. The van der Waals surface area contributed by atoms with Crippen LogP contribution in [0.4, 0.5) is 4.39 Å². The molecule has 0 aliphatic carbocycles. The smallest absolute Gasteiger partial charge is 0.262 e. The molecule has 1 atom stereocenters. The molecular weight excluding hydrogens is 391 g/mol. The Morgan fingerprint density at radius 2 is 1.93 bits per heavy atom. The molecule has 0 amide bonds. The van der Waals surface area contributed by atoms with Crippen molar-refractivity contribution in [3.8, 4) is 0 Å². The maximum absolute atomic E-state index is 13.2. The topological polar surface area (TPSA) is 68.1 Å². The molecule has 2 aromatic heterocycles. The zero-order valence-corrected chi connectivity index (χ0v) is 17.2. The number of pyridine rings is 1. The van der Waals surface area contributed by atoms with Gasteiger partial charge < -0.3 is 4.57 Å². The van der Waals surface area contributed by atoms with Crippen LogP contribution in [0.1, 0.15) is 41.4 Å². The van der Waals surface area contributed by atoms with Crippen molar-refractivity contribution < 1.29 is 12.8 Å². The van der Waals surface area contributed by atoms with E-state index in [0.717, 1.165) is 35.4 Å². The molecule has 1 fully saturated rings. The van der Waals surface area contributed by atoms with Crippen LogP contribution in [0.15, 0.2) is 53.9 Å². The summed E-state index contributed by atoms with van der Waals surface area (Å²) in [7, 11) is -1.94. The Balaban J connectivity index is 1.64. The Bertz CT molecular complexity index is 1130. The van der Waals surface area contributed by atoms with Gasteiger partial charge in [0, 0.05) is 25.5 Å². The number of aryl methyl sites for hydroxylation is 2. The van der Waals surface area contributed by atoms with Crippen LogP contribution < -0.4 is 0 Å². The Labute approximate surface area is 170 Å². The number of hydrogen-bond donors (Lipinski definition) is 0. The van der Waals surface area contributed by atoms with Gasteiger partial charge in [-0.1, -0.05) is 12.1 Å². The highest BCUT2D eigenvalue weighted by molar-refractivity contribution is 7.89. The third-order valence-corrected chi connectivity index (χ3v) is 6.95. The van der Waals surface area contributed by atoms with E-state index in [1.54, 1.807) is 23.7 Å². The van der Waals surface area contributed by atoms with Gasteiger partial charge in [0.25, 0.3) is 10.0 Å². The number of halogens is 1. The van der Waals surface area contributed by atoms with E-state index in [9.17, 15) is 12.8 Å². The van der Waals surface area contributed by atoms with E-state index in [1.165, 1.54) is 29.0 Å². The van der Waals surface area contributed by atoms with E-state index in [-0.39, 0.29) is 16.9 Å². The SMILES string of the molecule is Cc1cc(Cc2ccc(F)cc2)cc(C2CCCN2S(=O)(=O)c2cn(C)cn2)n1. The van der Waals surface area contributed by atoms with E-state index < -0.39 is 10.0 Å². The molecule has 1 saturated heterocycles. The molecule has 0 bridgehead atoms. The van der Waals surface area contributed by atoms with Crippen molar-refractivity contribution in [3.05, 3.63) is 77.3 Å². The molecule has 4 rings (SSSR count). The number of nitrogens with zero attached hydrogens (tertiary/aromatic N) is 4. The largest absolute Gasteiger partial charge is 0.339 e. The fourth-order valence-corrected chi connectivity index (χ4v) is 5.48. The summed E-state index contributed by atoms with van der Waals surface area (Å²) >= 11 is 0. The predicted molar refractivity (Wildman–Crippen MR) is 107 cm³/mol. The molecule has 29 heavy (non-hydrogen) atoms. The highest BCUT2D eigenvalue weighted by Crippen LogP contribution is 2.36.